The number of para-hydroxylation sites is 1. The zero-order valence-electron chi connectivity index (χ0n) is 13.3. The zero-order valence-corrected chi connectivity index (χ0v) is 13.3. The fourth-order valence-electron chi connectivity index (χ4n) is 2.21. The Morgan fingerprint density at radius 1 is 0.875 bits per heavy atom. The molecule has 0 heterocycles. The first-order valence-corrected chi connectivity index (χ1v) is 7.58. The number of methoxy groups -OCH3 is 1. The monoisotopic (exact) mass is 318 g/mol. The Hall–Kier alpha value is -3.27. The van der Waals surface area contributed by atoms with Gasteiger partial charge in [0.05, 0.1) is 12.8 Å². The van der Waals surface area contributed by atoms with Crippen LogP contribution in [0.15, 0.2) is 77.8 Å². The van der Waals surface area contributed by atoms with E-state index in [1.807, 2.05) is 60.7 Å². The second kappa shape index (κ2) is 7.33. The van der Waals surface area contributed by atoms with Crippen molar-refractivity contribution < 1.29 is 9.84 Å². The fraction of sp³-hybridized carbons (Fsp3) is 0.0500. The summed E-state index contributed by atoms with van der Waals surface area (Å²) in [5.41, 5.74) is 3.47. The van der Waals surface area contributed by atoms with Crippen molar-refractivity contribution in [2.45, 2.75) is 0 Å². The molecule has 0 saturated heterocycles. The van der Waals surface area contributed by atoms with Crippen LogP contribution in [0, 0.1) is 0 Å². The van der Waals surface area contributed by atoms with Crippen LogP contribution in [0.5, 0.6) is 11.5 Å². The molecule has 4 heteroatoms. The minimum Gasteiger partial charge on any atom is -0.507 e. The van der Waals surface area contributed by atoms with Crippen molar-refractivity contribution in [3.8, 4) is 11.5 Å². The second-order valence-electron chi connectivity index (χ2n) is 5.22. The van der Waals surface area contributed by atoms with Crippen LogP contribution in [0.4, 0.5) is 17.1 Å². The van der Waals surface area contributed by atoms with Crippen molar-refractivity contribution in [3.63, 3.8) is 0 Å². The van der Waals surface area contributed by atoms with Gasteiger partial charge in [-0.15, -0.1) is 0 Å². The number of ether oxygens (including phenoxy) is 1. The van der Waals surface area contributed by atoms with Gasteiger partial charge in [0.1, 0.15) is 11.5 Å². The largest absolute Gasteiger partial charge is 0.507 e. The first-order valence-electron chi connectivity index (χ1n) is 7.58. The quantitative estimate of drug-likeness (QED) is 0.658. The molecular formula is C20H18N2O2. The van der Waals surface area contributed by atoms with E-state index in [2.05, 4.69) is 10.3 Å². The number of anilines is 2. The van der Waals surface area contributed by atoms with Gasteiger partial charge in [0, 0.05) is 23.2 Å². The van der Waals surface area contributed by atoms with Crippen LogP contribution in [-0.4, -0.2) is 18.4 Å². The number of nitrogens with zero attached hydrogens (tertiary/aromatic N) is 1. The highest BCUT2D eigenvalue weighted by atomic mass is 16.5. The summed E-state index contributed by atoms with van der Waals surface area (Å²) in [6, 6.07) is 22.6. The molecule has 0 saturated carbocycles. The van der Waals surface area contributed by atoms with E-state index in [1.54, 1.807) is 25.5 Å². The van der Waals surface area contributed by atoms with Crippen molar-refractivity contribution in [1.82, 2.24) is 0 Å². The van der Waals surface area contributed by atoms with E-state index < -0.39 is 0 Å². The van der Waals surface area contributed by atoms with Crippen LogP contribution in [-0.2, 0) is 0 Å². The van der Waals surface area contributed by atoms with Gasteiger partial charge in [-0.05, 0) is 60.7 Å². The predicted molar refractivity (Wildman–Crippen MR) is 98.1 cm³/mol. The lowest BCUT2D eigenvalue weighted by molar-refractivity contribution is 0.415. The van der Waals surface area contributed by atoms with Crippen molar-refractivity contribution in [2.75, 3.05) is 12.4 Å². The van der Waals surface area contributed by atoms with Gasteiger partial charge >= 0.3 is 0 Å². The average Bonchev–Trinajstić information content (AvgIpc) is 2.63. The molecule has 24 heavy (non-hydrogen) atoms. The third-order valence-electron chi connectivity index (χ3n) is 3.54. The van der Waals surface area contributed by atoms with E-state index in [-0.39, 0.29) is 5.75 Å². The minimum absolute atomic E-state index is 0.221. The summed E-state index contributed by atoms with van der Waals surface area (Å²) in [7, 11) is 1.65. The van der Waals surface area contributed by atoms with Crippen molar-refractivity contribution in [1.29, 1.82) is 0 Å². The topological polar surface area (TPSA) is 53.8 Å². The third kappa shape index (κ3) is 3.93. The highest BCUT2D eigenvalue weighted by molar-refractivity contribution is 5.85. The van der Waals surface area contributed by atoms with Gasteiger partial charge in [-0.2, -0.15) is 0 Å². The predicted octanol–water partition coefficient (Wildman–Crippen LogP) is 4.90. The van der Waals surface area contributed by atoms with E-state index in [0.717, 1.165) is 22.8 Å². The molecule has 0 unspecified atom stereocenters. The van der Waals surface area contributed by atoms with E-state index >= 15 is 0 Å². The number of phenols is 1. The summed E-state index contributed by atoms with van der Waals surface area (Å²) in [4.78, 5) is 4.38. The number of phenolic OH excluding ortho intramolecular Hbond substituents is 1. The van der Waals surface area contributed by atoms with Crippen molar-refractivity contribution in [3.05, 3.63) is 78.4 Å². The molecular weight excluding hydrogens is 300 g/mol. The van der Waals surface area contributed by atoms with Gasteiger partial charge in [0.15, 0.2) is 0 Å². The second-order valence-corrected chi connectivity index (χ2v) is 5.22. The molecule has 0 aliphatic carbocycles. The Bertz CT molecular complexity index is 825. The summed E-state index contributed by atoms with van der Waals surface area (Å²) in [6.45, 7) is 0. The molecule has 3 aromatic carbocycles. The number of aliphatic imine (C=N–C) groups is 1. The molecule has 0 aliphatic rings. The first-order chi connectivity index (χ1) is 11.7. The van der Waals surface area contributed by atoms with Crippen LogP contribution in [0.2, 0.25) is 0 Å². The Labute approximate surface area is 141 Å². The Morgan fingerprint density at radius 3 is 2.12 bits per heavy atom. The van der Waals surface area contributed by atoms with Crippen molar-refractivity contribution in [2.24, 2.45) is 4.99 Å². The van der Waals surface area contributed by atoms with Gasteiger partial charge in [-0.25, -0.2) is 0 Å². The molecule has 2 N–H and O–H groups in total. The van der Waals surface area contributed by atoms with E-state index in [0.29, 0.717) is 5.56 Å². The van der Waals surface area contributed by atoms with E-state index in [1.165, 1.54) is 0 Å². The molecule has 0 spiro atoms. The van der Waals surface area contributed by atoms with Crippen LogP contribution in [0.25, 0.3) is 0 Å². The fourth-order valence-corrected chi connectivity index (χ4v) is 2.21. The summed E-state index contributed by atoms with van der Waals surface area (Å²) in [5.74, 6) is 1.05. The Morgan fingerprint density at radius 2 is 1.50 bits per heavy atom. The van der Waals surface area contributed by atoms with Gasteiger partial charge in [0.25, 0.3) is 0 Å². The Kier molecular flexibility index (Phi) is 4.77. The first kappa shape index (κ1) is 15.6. The number of aromatic hydroxyl groups is 1. The lowest BCUT2D eigenvalue weighted by atomic mass is 10.2. The highest BCUT2D eigenvalue weighted by Crippen LogP contribution is 2.22. The number of hydrogen-bond acceptors (Lipinski definition) is 4. The van der Waals surface area contributed by atoms with Gasteiger partial charge in [-0.1, -0.05) is 12.1 Å². The molecule has 0 fully saturated rings. The smallest absolute Gasteiger partial charge is 0.124 e. The molecule has 3 aromatic rings. The molecule has 0 atom stereocenters. The normalized spacial score (nSPS) is 10.7. The Balaban J connectivity index is 1.67. The van der Waals surface area contributed by atoms with Gasteiger partial charge in [0.2, 0.25) is 0 Å². The van der Waals surface area contributed by atoms with E-state index in [9.17, 15) is 5.11 Å². The highest BCUT2D eigenvalue weighted by Gasteiger charge is 1.98. The number of benzene rings is 3. The summed E-state index contributed by atoms with van der Waals surface area (Å²) in [5, 5.41) is 13.0. The molecule has 3 rings (SSSR count). The third-order valence-corrected chi connectivity index (χ3v) is 3.54. The maximum Gasteiger partial charge on any atom is 0.124 e. The molecule has 0 amide bonds. The average molecular weight is 318 g/mol. The zero-order chi connectivity index (χ0) is 16.8. The lowest BCUT2D eigenvalue weighted by Gasteiger charge is -2.07. The standard InChI is InChI=1S/C20H18N2O2/c1-24-19-12-10-18(11-13-19)22-17-8-6-16(7-9-17)21-14-15-4-2-3-5-20(15)23/h2-14,22-23H,1H3. The number of rotatable bonds is 5. The van der Waals surface area contributed by atoms with Gasteiger partial charge in [-0.3, -0.25) is 4.99 Å². The van der Waals surface area contributed by atoms with Gasteiger partial charge < -0.3 is 15.2 Å². The summed E-state index contributed by atoms with van der Waals surface area (Å²) < 4.78 is 5.15. The molecule has 0 aliphatic heterocycles. The molecule has 4 nitrogen and oxygen atoms in total. The van der Waals surface area contributed by atoms with Crippen molar-refractivity contribution >= 4 is 23.3 Å². The van der Waals surface area contributed by atoms with Crippen LogP contribution in [0.1, 0.15) is 5.56 Å². The van der Waals surface area contributed by atoms with Crippen LogP contribution < -0.4 is 10.1 Å². The molecule has 0 aromatic heterocycles. The van der Waals surface area contributed by atoms with Crippen LogP contribution in [0.3, 0.4) is 0 Å². The number of nitrogens with one attached hydrogen (secondary N) is 1. The minimum atomic E-state index is 0.221. The maximum atomic E-state index is 9.72. The van der Waals surface area contributed by atoms with E-state index in [4.69, 9.17) is 4.74 Å². The summed E-state index contributed by atoms with van der Waals surface area (Å²) >= 11 is 0. The number of hydrogen-bond donors (Lipinski definition) is 2. The molecule has 0 radical (unpaired) electrons. The van der Waals surface area contributed by atoms with Crippen LogP contribution >= 0.6 is 0 Å². The molecule has 120 valence electrons. The maximum absolute atomic E-state index is 9.72. The SMILES string of the molecule is COc1ccc(Nc2ccc(N=Cc3ccccc3O)cc2)cc1. The lowest BCUT2D eigenvalue weighted by Crippen LogP contribution is -1.90. The molecule has 0 bridgehead atoms. The summed E-state index contributed by atoms with van der Waals surface area (Å²) in [6.07, 6.45) is 1.65.